The number of hydrogen-bond acceptors (Lipinski definition) is 4. The molecule has 0 bridgehead atoms. The van der Waals surface area contributed by atoms with Gasteiger partial charge in [0.15, 0.2) is 0 Å². The minimum atomic E-state index is -0.537. The Balaban J connectivity index is 0.000000160. The van der Waals surface area contributed by atoms with E-state index in [4.69, 9.17) is 0 Å². The lowest BCUT2D eigenvalue weighted by atomic mass is 10.1. The Labute approximate surface area is 127 Å². The molecule has 22 heavy (non-hydrogen) atoms. The van der Waals surface area contributed by atoms with Crippen LogP contribution in [0.1, 0.15) is 18.4 Å². The molecular formula is C15H18N4O3. The van der Waals surface area contributed by atoms with Crippen molar-refractivity contribution < 1.29 is 14.4 Å². The molecule has 1 aromatic carbocycles. The number of aromatic nitrogens is 2. The van der Waals surface area contributed by atoms with Gasteiger partial charge < -0.3 is 9.88 Å². The molecular weight excluding hydrogens is 284 g/mol. The molecule has 1 saturated heterocycles. The second-order valence-corrected chi connectivity index (χ2v) is 5.09. The van der Waals surface area contributed by atoms with E-state index >= 15 is 0 Å². The van der Waals surface area contributed by atoms with E-state index in [-0.39, 0.29) is 12.3 Å². The summed E-state index contributed by atoms with van der Waals surface area (Å²) in [5.74, 6) is -0.702. The summed E-state index contributed by atoms with van der Waals surface area (Å²) in [6, 6.07) is 5.68. The van der Waals surface area contributed by atoms with E-state index in [1.54, 1.807) is 0 Å². The van der Waals surface area contributed by atoms with Crippen LogP contribution in [0.25, 0.3) is 11.0 Å². The summed E-state index contributed by atoms with van der Waals surface area (Å²) in [5.41, 5.74) is 3.54. The van der Waals surface area contributed by atoms with E-state index in [0.717, 1.165) is 5.52 Å². The molecule has 3 rings (SSSR count). The smallest absolute Gasteiger partial charge is 0.249 e. The predicted octanol–water partition coefficient (Wildman–Crippen LogP) is 0.419. The number of amides is 3. The highest BCUT2D eigenvalue weighted by Crippen LogP contribution is 2.14. The quantitative estimate of drug-likeness (QED) is 0.621. The summed E-state index contributed by atoms with van der Waals surface area (Å²) in [4.78, 5) is 35.6. The first-order valence-electron chi connectivity index (χ1n) is 6.93. The molecule has 7 heteroatoms. The molecule has 2 aromatic rings. The van der Waals surface area contributed by atoms with E-state index < -0.39 is 11.9 Å². The van der Waals surface area contributed by atoms with Crippen molar-refractivity contribution in [1.29, 1.82) is 0 Å². The third kappa shape index (κ3) is 3.49. The average molecular weight is 302 g/mol. The monoisotopic (exact) mass is 302 g/mol. The van der Waals surface area contributed by atoms with Crippen LogP contribution in [-0.4, -0.2) is 33.8 Å². The van der Waals surface area contributed by atoms with Gasteiger partial charge >= 0.3 is 0 Å². The van der Waals surface area contributed by atoms with Gasteiger partial charge in [0.05, 0.1) is 17.4 Å². The molecule has 1 aromatic heterocycles. The molecule has 2 N–H and O–H groups in total. The molecule has 1 fully saturated rings. The van der Waals surface area contributed by atoms with Gasteiger partial charge in [-0.2, -0.15) is 0 Å². The lowest BCUT2D eigenvalue weighted by Crippen LogP contribution is -2.50. The molecule has 1 atom stereocenters. The average Bonchev–Trinajstić information content (AvgIpc) is 2.86. The lowest BCUT2D eigenvalue weighted by molar-refractivity contribution is -0.135. The largest absolute Gasteiger partial charge is 0.347 e. The van der Waals surface area contributed by atoms with Crippen LogP contribution >= 0.6 is 0 Å². The van der Waals surface area contributed by atoms with Crippen LogP contribution in [-0.2, 0) is 21.4 Å². The highest BCUT2D eigenvalue weighted by molar-refractivity contribution is 6.00. The minimum Gasteiger partial charge on any atom is -0.347 e. The molecule has 0 saturated carbocycles. The van der Waals surface area contributed by atoms with Gasteiger partial charge in [-0.15, -0.1) is 0 Å². The molecule has 1 aliphatic heterocycles. The van der Waals surface area contributed by atoms with Gasteiger partial charge in [0.1, 0.15) is 6.04 Å². The number of carbonyl (C=O) groups is 3. The maximum absolute atomic E-state index is 10.8. The van der Waals surface area contributed by atoms with Crippen LogP contribution in [0.15, 0.2) is 24.5 Å². The Bertz CT molecular complexity index is 708. The number of fused-ring (bicyclic) bond motifs is 1. The Kier molecular flexibility index (Phi) is 4.88. The zero-order valence-corrected chi connectivity index (χ0v) is 12.5. The first-order chi connectivity index (χ1) is 10.5. The van der Waals surface area contributed by atoms with Gasteiger partial charge in [0, 0.05) is 13.5 Å². The van der Waals surface area contributed by atoms with Crippen LogP contribution in [0.4, 0.5) is 0 Å². The number of benzene rings is 1. The summed E-state index contributed by atoms with van der Waals surface area (Å²) >= 11 is 0. The maximum atomic E-state index is 10.8. The van der Waals surface area contributed by atoms with Gasteiger partial charge in [-0.3, -0.25) is 19.7 Å². The van der Waals surface area contributed by atoms with E-state index in [1.807, 2.05) is 17.9 Å². The second-order valence-electron chi connectivity index (χ2n) is 5.09. The molecule has 2 heterocycles. The molecule has 0 aliphatic carbocycles. The summed E-state index contributed by atoms with van der Waals surface area (Å²) in [5, 5.41) is 4.42. The number of para-hydroxylation sites is 1. The number of imide groups is 1. The number of rotatable bonds is 2. The normalized spacial score (nSPS) is 17.5. The van der Waals surface area contributed by atoms with Gasteiger partial charge in [-0.1, -0.05) is 12.1 Å². The molecule has 1 unspecified atom stereocenters. The van der Waals surface area contributed by atoms with E-state index in [1.165, 1.54) is 11.1 Å². The fourth-order valence-electron chi connectivity index (χ4n) is 2.24. The summed E-state index contributed by atoms with van der Waals surface area (Å²) in [6.07, 6.45) is 2.98. The van der Waals surface area contributed by atoms with Crippen LogP contribution in [0.5, 0.6) is 0 Å². The topological polar surface area (TPSA) is 93.1 Å². The van der Waals surface area contributed by atoms with Crippen LogP contribution < -0.4 is 10.6 Å². The van der Waals surface area contributed by atoms with Gasteiger partial charge in [0.25, 0.3) is 0 Å². The number of aryl methyl sites for hydroxylation is 2. The molecule has 3 amide bonds. The highest BCUT2D eigenvalue weighted by Gasteiger charge is 2.25. The van der Waals surface area contributed by atoms with Crippen molar-refractivity contribution in [2.75, 3.05) is 0 Å². The van der Waals surface area contributed by atoms with Crippen molar-refractivity contribution in [3.8, 4) is 0 Å². The summed E-state index contributed by atoms with van der Waals surface area (Å²) in [7, 11) is 2.01. The van der Waals surface area contributed by atoms with Gasteiger partial charge in [0.2, 0.25) is 18.2 Å². The maximum Gasteiger partial charge on any atom is 0.249 e. The molecule has 0 spiro atoms. The third-order valence-electron chi connectivity index (χ3n) is 3.46. The minimum absolute atomic E-state index is 0.279. The second kappa shape index (κ2) is 6.84. The van der Waals surface area contributed by atoms with Crippen molar-refractivity contribution in [3.63, 3.8) is 0 Å². The zero-order valence-electron chi connectivity index (χ0n) is 12.5. The Hall–Kier alpha value is -2.70. The molecule has 0 radical (unpaired) electrons. The van der Waals surface area contributed by atoms with Crippen LogP contribution in [0.2, 0.25) is 0 Å². The standard InChI is InChI=1S/C9H10N2.C6H8N2O3/c1-7-4-3-5-8-9(7)10-6-11(8)2;9-3-7-4-1-2-5(10)8-6(4)11/h3-6H,1-2H3;3-4H,1-2H2,(H,7,9)(H,8,10,11). The van der Waals surface area contributed by atoms with Crippen LogP contribution in [0, 0.1) is 6.92 Å². The Morgan fingerprint density at radius 2 is 2.18 bits per heavy atom. The van der Waals surface area contributed by atoms with E-state index in [9.17, 15) is 14.4 Å². The van der Waals surface area contributed by atoms with Gasteiger partial charge in [-0.25, -0.2) is 4.98 Å². The number of nitrogens with zero attached hydrogens (tertiary/aromatic N) is 2. The Morgan fingerprint density at radius 1 is 1.41 bits per heavy atom. The number of hydrogen-bond donors (Lipinski definition) is 2. The van der Waals surface area contributed by atoms with Crippen molar-refractivity contribution in [2.45, 2.75) is 25.8 Å². The summed E-state index contributed by atoms with van der Waals surface area (Å²) in [6.45, 7) is 2.08. The predicted molar refractivity (Wildman–Crippen MR) is 80.8 cm³/mol. The molecule has 7 nitrogen and oxygen atoms in total. The number of piperidine rings is 1. The third-order valence-corrected chi connectivity index (χ3v) is 3.46. The lowest BCUT2D eigenvalue weighted by Gasteiger charge is -2.19. The van der Waals surface area contributed by atoms with E-state index in [2.05, 4.69) is 40.7 Å². The van der Waals surface area contributed by atoms with Gasteiger partial charge in [-0.05, 0) is 25.0 Å². The van der Waals surface area contributed by atoms with Crippen LogP contribution in [0.3, 0.4) is 0 Å². The Morgan fingerprint density at radius 3 is 2.82 bits per heavy atom. The number of carbonyl (C=O) groups excluding carboxylic acids is 3. The van der Waals surface area contributed by atoms with Crippen molar-refractivity contribution >= 4 is 29.3 Å². The SMILES string of the molecule is Cc1cccc2c1ncn2C.O=CNC1CCC(=O)NC1=O. The molecule has 1 aliphatic rings. The molecule has 116 valence electrons. The van der Waals surface area contributed by atoms with Crippen molar-refractivity contribution in [1.82, 2.24) is 20.2 Å². The number of imidazole rings is 1. The van der Waals surface area contributed by atoms with Crippen molar-refractivity contribution in [3.05, 3.63) is 30.1 Å². The highest BCUT2D eigenvalue weighted by atomic mass is 16.2. The first kappa shape index (κ1) is 15.7. The zero-order chi connectivity index (χ0) is 16.1. The fraction of sp³-hybridized carbons (Fsp3) is 0.333. The summed E-state index contributed by atoms with van der Waals surface area (Å²) < 4.78 is 2.03. The van der Waals surface area contributed by atoms with E-state index in [0.29, 0.717) is 12.8 Å². The number of nitrogens with one attached hydrogen (secondary N) is 2. The van der Waals surface area contributed by atoms with Crippen molar-refractivity contribution in [2.24, 2.45) is 7.05 Å². The first-order valence-corrected chi connectivity index (χ1v) is 6.93. The fourth-order valence-corrected chi connectivity index (χ4v) is 2.24.